The zero-order valence-corrected chi connectivity index (χ0v) is 11.9. The number of hydrogen-bond acceptors (Lipinski definition) is 5. The van der Waals surface area contributed by atoms with Crippen molar-refractivity contribution in [1.82, 2.24) is 5.32 Å². The number of ether oxygens (including phenoxy) is 1. The SMILES string of the molecule is O=C(NCc1cccc2occc12)Oc1ccc([N+](=O)[O-])cc1. The molecule has 7 heteroatoms. The Morgan fingerprint density at radius 3 is 2.70 bits per heavy atom. The molecule has 23 heavy (non-hydrogen) atoms. The molecule has 0 aliphatic carbocycles. The quantitative estimate of drug-likeness (QED) is 0.586. The standard InChI is InChI=1S/C16H12N2O5/c19-16(23-13-6-4-12(5-7-13)18(20)21)17-10-11-2-1-3-15-14(11)8-9-22-15/h1-9H,10H2,(H,17,19). The Labute approximate surface area is 130 Å². The second-order valence-corrected chi connectivity index (χ2v) is 4.74. The first-order chi connectivity index (χ1) is 11.1. The molecule has 1 heterocycles. The molecule has 7 nitrogen and oxygen atoms in total. The van der Waals surface area contributed by atoms with Crippen LogP contribution in [0.3, 0.4) is 0 Å². The van der Waals surface area contributed by atoms with Crippen molar-refractivity contribution >= 4 is 22.7 Å². The van der Waals surface area contributed by atoms with Crippen LogP contribution in [0.1, 0.15) is 5.56 Å². The Morgan fingerprint density at radius 1 is 1.17 bits per heavy atom. The molecule has 1 aromatic heterocycles. The van der Waals surface area contributed by atoms with Crippen LogP contribution in [0.4, 0.5) is 10.5 Å². The van der Waals surface area contributed by atoms with E-state index in [0.29, 0.717) is 0 Å². The average Bonchev–Trinajstić information content (AvgIpc) is 3.02. The Balaban J connectivity index is 1.61. The summed E-state index contributed by atoms with van der Waals surface area (Å²) in [5, 5.41) is 14.1. The molecule has 0 saturated carbocycles. The van der Waals surface area contributed by atoms with Crippen LogP contribution in [0.5, 0.6) is 5.75 Å². The molecule has 3 aromatic rings. The van der Waals surface area contributed by atoms with Gasteiger partial charge in [-0.1, -0.05) is 12.1 Å². The summed E-state index contributed by atoms with van der Waals surface area (Å²) >= 11 is 0. The minimum absolute atomic E-state index is 0.0654. The van der Waals surface area contributed by atoms with Crippen molar-refractivity contribution in [2.24, 2.45) is 0 Å². The highest BCUT2D eigenvalue weighted by Gasteiger charge is 2.09. The van der Waals surface area contributed by atoms with Crippen LogP contribution in [-0.4, -0.2) is 11.0 Å². The third-order valence-electron chi connectivity index (χ3n) is 3.27. The third-order valence-corrected chi connectivity index (χ3v) is 3.27. The smallest absolute Gasteiger partial charge is 0.412 e. The van der Waals surface area contributed by atoms with Gasteiger partial charge in [-0.3, -0.25) is 10.1 Å². The molecule has 0 radical (unpaired) electrons. The molecule has 0 saturated heterocycles. The number of carbonyl (C=O) groups is 1. The minimum atomic E-state index is -0.639. The topological polar surface area (TPSA) is 94.6 Å². The number of furan rings is 1. The van der Waals surface area contributed by atoms with Crippen molar-refractivity contribution in [3.63, 3.8) is 0 Å². The Kier molecular flexibility index (Phi) is 3.92. The highest BCUT2D eigenvalue weighted by Crippen LogP contribution is 2.20. The van der Waals surface area contributed by atoms with E-state index in [2.05, 4.69) is 5.32 Å². The largest absolute Gasteiger partial charge is 0.464 e. The summed E-state index contributed by atoms with van der Waals surface area (Å²) in [5.41, 5.74) is 1.58. The molecule has 1 amide bonds. The zero-order valence-electron chi connectivity index (χ0n) is 11.9. The number of fused-ring (bicyclic) bond motifs is 1. The van der Waals surface area contributed by atoms with Gasteiger partial charge < -0.3 is 14.5 Å². The maximum Gasteiger partial charge on any atom is 0.412 e. The maximum atomic E-state index is 11.8. The molecule has 0 fully saturated rings. The second-order valence-electron chi connectivity index (χ2n) is 4.74. The van der Waals surface area contributed by atoms with Gasteiger partial charge in [-0.05, 0) is 29.8 Å². The van der Waals surface area contributed by atoms with Crippen molar-refractivity contribution in [3.05, 3.63) is 70.5 Å². The predicted molar refractivity (Wildman–Crippen MR) is 82.2 cm³/mol. The van der Waals surface area contributed by atoms with Crippen molar-refractivity contribution in [2.75, 3.05) is 0 Å². The lowest BCUT2D eigenvalue weighted by Gasteiger charge is -2.07. The van der Waals surface area contributed by atoms with Crippen molar-refractivity contribution in [1.29, 1.82) is 0 Å². The van der Waals surface area contributed by atoms with Gasteiger partial charge in [0.05, 0.1) is 11.2 Å². The molecule has 2 aromatic carbocycles. The monoisotopic (exact) mass is 312 g/mol. The summed E-state index contributed by atoms with van der Waals surface area (Å²) in [7, 11) is 0. The summed E-state index contributed by atoms with van der Waals surface area (Å²) in [5.74, 6) is 0.231. The van der Waals surface area contributed by atoms with E-state index >= 15 is 0 Å². The number of benzene rings is 2. The van der Waals surface area contributed by atoms with Crippen LogP contribution in [0.25, 0.3) is 11.0 Å². The molecule has 0 atom stereocenters. The lowest BCUT2D eigenvalue weighted by Crippen LogP contribution is -2.26. The van der Waals surface area contributed by atoms with Crippen molar-refractivity contribution in [3.8, 4) is 5.75 Å². The predicted octanol–water partition coefficient (Wildman–Crippen LogP) is 3.63. The normalized spacial score (nSPS) is 10.4. The Morgan fingerprint density at radius 2 is 1.96 bits per heavy atom. The summed E-state index contributed by atoms with van der Waals surface area (Å²) in [6.07, 6.45) is 0.947. The van der Waals surface area contributed by atoms with Gasteiger partial charge in [0, 0.05) is 24.1 Å². The van der Waals surface area contributed by atoms with Crippen LogP contribution in [0, 0.1) is 10.1 Å². The number of nitro benzene ring substituents is 1. The fourth-order valence-corrected chi connectivity index (χ4v) is 2.16. The molecular formula is C16H12N2O5. The van der Waals surface area contributed by atoms with E-state index in [-0.39, 0.29) is 18.0 Å². The van der Waals surface area contributed by atoms with Gasteiger partial charge in [-0.25, -0.2) is 4.79 Å². The number of carbonyl (C=O) groups excluding carboxylic acids is 1. The molecule has 0 bridgehead atoms. The summed E-state index contributed by atoms with van der Waals surface area (Å²) < 4.78 is 10.4. The van der Waals surface area contributed by atoms with Gasteiger partial charge in [-0.15, -0.1) is 0 Å². The average molecular weight is 312 g/mol. The van der Waals surface area contributed by atoms with E-state index in [1.54, 1.807) is 6.26 Å². The number of hydrogen-bond donors (Lipinski definition) is 1. The molecule has 0 aliphatic heterocycles. The molecule has 116 valence electrons. The van der Waals surface area contributed by atoms with E-state index in [1.807, 2.05) is 24.3 Å². The first-order valence-electron chi connectivity index (χ1n) is 6.79. The molecule has 0 aliphatic rings. The van der Waals surface area contributed by atoms with Gasteiger partial charge in [0.1, 0.15) is 11.3 Å². The third kappa shape index (κ3) is 3.29. The van der Waals surface area contributed by atoms with Crippen LogP contribution in [0.2, 0.25) is 0 Å². The number of nitro groups is 1. The fraction of sp³-hybridized carbons (Fsp3) is 0.0625. The molecule has 3 rings (SSSR count). The van der Waals surface area contributed by atoms with Crippen LogP contribution in [0.15, 0.2) is 59.2 Å². The Hall–Kier alpha value is -3.35. The first kappa shape index (κ1) is 14.6. The molecule has 0 spiro atoms. The second kappa shape index (κ2) is 6.18. The van der Waals surface area contributed by atoms with Crippen molar-refractivity contribution < 1.29 is 18.9 Å². The number of nitrogens with one attached hydrogen (secondary N) is 1. The van der Waals surface area contributed by atoms with E-state index in [9.17, 15) is 14.9 Å². The van der Waals surface area contributed by atoms with Gasteiger partial charge in [0.15, 0.2) is 0 Å². The Bertz CT molecular complexity index is 854. The van der Waals surface area contributed by atoms with E-state index in [1.165, 1.54) is 24.3 Å². The minimum Gasteiger partial charge on any atom is -0.464 e. The number of rotatable bonds is 4. The number of nitrogens with zero attached hydrogens (tertiary/aromatic N) is 1. The van der Waals surface area contributed by atoms with E-state index in [4.69, 9.17) is 9.15 Å². The van der Waals surface area contributed by atoms with Crippen molar-refractivity contribution in [2.45, 2.75) is 6.54 Å². The highest BCUT2D eigenvalue weighted by atomic mass is 16.6. The number of amides is 1. The zero-order chi connectivity index (χ0) is 16.2. The lowest BCUT2D eigenvalue weighted by atomic mass is 10.1. The van der Waals surface area contributed by atoms with Crippen LogP contribution in [-0.2, 0) is 6.54 Å². The summed E-state index contributed by atoms with van der Waals surface area (Å²) in [6.45, 7) is 0.280. The van der Waals surface area contributed by atoms with Crippen LogP contribution >= 0.6 is 0 Å². The summed E-state index contributed by atoms with van der Waals surface area (Å²) in [4.78, 5) is 21.8. The van der Waals surface area contributed by atoms with Gasteiger partial charge in [0.25, 0.3) is 5.69 Å². The molecule has 1 N–H and O–H groups in total. The number of non-ortho nitro benzene ring substituents is 1. The summed E-state index contributed by atoms with van der Waals surface area (Å²) in [6, 6.07) is 12.7. The maximum absolute atomic E-state index is 11.8. The van der Waals surface area contributed by atoms with Gasteiger partial charge >= 0.3 is 6.09 Å². The van der Waals surface area contributed by atoms with E-state index in [0.717, 1.165) is 16.5 Å². The van der Waals surface area contributed by atoms with E-state index < -0.39 is 11.0 Å². The molecular weight excluding hydrogens is 300 g/mol. The van der Waals surface area contributed by atoms with Gasteiger partial charge in [0.2, 0.25) is 0 Å². The van der Waals surface area contributed by atoms with Crippen LogP contribution < -0.4 is 10.1 Å². The fourth-order valence-electron chi connectivity index (χ4n) is 2.16. The first-order valence-corrected chi connectivity index (χ1v) is 6.79. The molecule has 0 unspecified atom stereocenters. The highest BCUT2D eigenvalue weighted by molar-refractivity contribution is 5.81. The lowest BCUT2D eigenvalue weighted by molar-refractivity contribution is -0.384. The van der Waals surface area contributed by atoms with Gasteiger partial charge in [-0.2, -0.15) is 0 Å².